The molecule has 1 aliphatic heterocycles. The maximum Gasteiger partial charge on any atom is 0.156 e. The number of amidine groups is 1. The molecule has 1 heterocycles. The molecule has 1 atom stereocenters. The van der Waals surface area contributed by atoms with E-state index in [9.17, 15) is 0 Å². The van der Waals surface area contributed by atoms with Crippen LogP contribution in [0.4, 0.5) is 0 Å². The number of thioether (sulfide) groups is 1. The number of nitrogens with zero attached hydrogens (tertiary/aromatic N) is 1. The molecular formula is C13H24N2S. The molecule has 1 saturated carbocycles. The maximum atomic E-state index is 4.74. The van der Waals surface area contributed by atoms with E-state index < -0.39 is 0 Å². The molecule has 0 saturated heterocycles. The molecular weight excluding hydrogens is 216 g/mol. The Morgan fingerprint density at radius 1 is 1.44 bits per heavy atom. The summed E-state index contributed by atoms with van der Waals surface area (Å²) in [5.74, 6) is 2.05. The van der Waals surface area contributed by atoms with E-state index in [2.05, 4.69) is 19.2 Å². The first-order valence-electron chi connectivity index (χ1n) is 6.65. The van der Waals surface area contributed by atoms with Crippen molar-refractivity contribution < 1.29 is 0 Å². The predicted octanol–water partition coefficient (Wildman–Crippen LogP) is 3.29. The molecule has 0 amide bonds. The van der Waals surface area contributed by atoms with Gasteiger partial charge < -0.3 is 5.32 Å². The summed E-state index contributed by atoms with van der Waals surface area (Å²) in [6.07, 6.45) is 6.90. The van der Waals surface area contributed by atoms with Gasteiger partial charge in [0.05, 0.1) is 0 Å². The number of nitrogens with one attached hydrogen (secondary N) is 1. The van der Waals surface area contributed by atoms with Crippen molar-refractivity contribution in [2.24, 2.45) is 16.3 Å². The van der Waals surface area contributed by atoms with Crippen LogP contribution >= 0.6 is 11.8 Å². The summed E-state index contributed by atoms with van der Waals surface area (Å²) in [7, 11) is 0. The van der Waals surface area contributed by atoms with Crippen molar-refractivity contribution in [2.45, 2.75) is 46.0 Å². The van der Waals surface area contributed by atoms with E-state index in [1.54, 1.807) is 0 Å². The molecule has 2 nitrogen and oxygen atoms in total. The molecule has 0 aromatic heterocycles. The molecule has 2 rings (SSSR count). The van der Waals surface area contributed by atoms with E-state index in [4.69, 9.17) is 4.99 Å². The molecule has 0 aromatic rings. The largest absolute Gasteiger partial charge is 0.365 e. The van der Waals surface area contributed by atoms with Crippen LogP contribution in [-0.4, -0.2) is 24.0 Å². The third kappa shape index (κ3) is 2.93. The van der Waals surface area contributed by atoms with E-state index in [0.717, 1.165) is 19.0 Å². The van der Waals surface area contributed by atoms with Crippen LogP contribution in [0.25, 0.3) is 0 Å². The second kappa shape index (κ2) is 5.44. The number of aliphatic imine (C=N–C) groups is 1. The molecule has 1 N–H and O–H groups in total. The van der Waals surface area contributed by atoms with Crippen molar-refractivity contribution in [1.29, 1.82) is 0 Å². The summed E-state index contributed by atoms with van der Waals surface area (Å²) < 4.78 is 0. The average Bonchev–Trinajstić information content (AvgIpc) is 2.77. The van der Waals surface area contributed by atoms with Crippen molar-refractivity contribution in [3.63, 3.8) is 0 Å². The first-order valence-corrected chi connectivity index (χ1v) is 7.64. The lowest BCUT2D eigenvalue weighted by molar-refractivity contribution is 0.358. The minimum Gasteiger partial charge on any atom is -0.365 e. The highest BCUT2D eigenvalue weighted by Crippen LogP contribution is 2.43. The highest BCUT2D eigenvalue weighted by atomic mass is 32.2. The Hall–Kier alpha value is -0.180. The van der Waals surface area contributed by atoms with Gasteiger partial charge in [0.25, 0.3) is 0 Å². The second-order valence-corrected chi connectivity index (χ2v) is 6.48. The molecule has 1 fully saturated rings. The van der Waals surface area contributed by atoms with E-state index in [1.807, 2.05) is 11.8 Å². The van der Waals surface area contributed by atoms with Crippen LogP contribution in [0.3, 0.4) is 0 Å². The SMILES string of the molecule is CCC(C)CNC1=NCC2(CCCC2)CS1. The van der Waals surface area contributed by atoms with Crippen molar-refractivity contribution in [3.05, 3.63) is 0 Å². The Morgan fingerprint density at radius 2 is 2.19 bits per heavy atom. The highest BCUT2D eigenvalue weighted by molar-refractivity contribution is 8.13. The fourth-order valence-electron chi connectivity index (χ4n) is 2.49. The molecule has 3 heteroatoms. The lowest BCUT2D eigenvalue weighted by atomic mass is 9.89. The zero-order valence-electron chi connectivity index (χ0n) is 10.6. The van der Waals surface area contributed by atoms with Gasteiger partial charge in [0.2, 0.25) is 0 Å². The summed E-state index contributed by atoms with van der Waals surface area (Å²) in [4.78, 5) is 4.74. The van der Waals surface area contributed by atoms with Gasteiger partial charge in [-0.2, -0.15) is 0 Å². The minimum absolute atomic E-state index is 0.576. The molecule has 0 bridgehead atoms. The molecule has 1 unspecified atom stereocenters. The number of rotatable bonds is 3. The monoisotopic (exact) mass is 240 g/mol. The summed E-state index contributed by atoms with van der Waals surface area (Å²) in [6.45, 7) is 6.69. The fraction of sp³-hybridized carbons (Fsp3) is 0.923. The van der Waals surface area contributed by atoms with Crippen LogP contribution in [0.15, 0.2) is 4.99 Å². The van der Waals surface area contributed by atoms with E-state index in [1.165, 1.54) is 43.0 Å². The molecule has 16 heavy (non-hydrogen) atoms. The second-order valence-electron chi connectivity index (χ2n) is 5.51. The van der Waals surface area contributed by atoms with Crippen LogP contribution in [0.5, 0.6) is 0 Å². The van der Waals surface area contributed by atoms with Gasteiger partial charge in [-0.25, -0.2) is 0 Å². The van der Waals surface area contributed by atoms with Crippen molar-refractivity contribution >= 4 is 16.9 Å². The summed E-state index contributed by atoms with van der Waals surface area (Å²) >= 11 is 1.95. The van der Waals surface area contributed by atoms with Gasteiger partial charge in [-0.1, -0.05) is 44.9 Å². The van der Waals surface area contributed by atoms with Crippen molar-refractivity contribution in [2.75, 3.05) is 18.8 Å². The highest BCUT2D eigenvalue weighted by Gasteiger charge is 2.36. The van der Waals surface area contributed by atoms with Crippen LogP contribution in [0.1, 0.15) is 46.0 Å². The molecule has 1 spiro atoms. The molecule has 0 radical (unpaired) electrons. The summed E-state index contributed by atoms with van der Waals surface area (Å²) in [5, 5.41) is 4.68. The smallest absolute Gasteiger partial charge is 0.156 e. The van der Waals surface area contributed by atoms with Crippen LogP contribution in [0, 0.1) is 11.3 Å². The molecule has 1 aliphatic carbocycles. The van der Waals surface area contributed by atoms with Crippen LogP contribution in [-0.2, 0) is 0 Å². The first-order chi connectivity index (χ1) is 7.74. The van der Waals surface area contributed by atoms with Gasteiger partial charge in [0, 0.05) is 18.8 Å². The van der Waals surface area contributed by atoms with Gasteiger partial charge in [-0.05, 0) is 24.2 Å². The van der Waals surface area contributed by atoms with E-state index >= 15 is 0 Å². The lowest BCUT2D eigenvalue weighted by Crippen LogP contribution is -2.34. The van der Waals surface area contributed by atoms with Gasteiger partial charge in [0.15, 0.2) is 5.17 Å². The molecule has 2 aliphatic rings. The van der Waals surface area contributed by atoms with Crippen LogP contribution in [0.2, 0.25) is 0 Å². The first kappa shape index (κ1) is 12.3. The summed E-state index contributed by atoms with van der Waals surface area (Å²) in [5.41, 5.74) is 0.576. The molecule has 92 valence electrons. The Bertz CT molecular complexity index is 257. The van der Waals surface area contributed by atoms with Gasteiger partial charge in [-0.3, -0.25) is 4.99 Å². The third-order valence-electron chi connectivity index (χ3n) is 4.04. The Kier molecular flexibility index (Phi) is 4.17. The fourth-order valence-corrected chi connectivity index (χ4v) is 3.66. The van der Waals surface area contributed by atoms with E-state index in [0.29, 0.717) is 5.41 Å². The number of hydrogen-bond acceptors (Lipinski definition) is 3. The minimum atomic E-state index is 0.576. The van der Waals surface area contributed by atoms with Crippen molar-refractivity contribution in [3.8, 4) is 0 Å². The Morgan fingerprint density at radius 3 is 2.75 bits per heavy atom. The maximum absolute atomic E-state index is 4.74. The van der Waals surface area contributed by atoms with Crippen molar-refractivity contribution in [1.82, 2.24) is 5.32 Å². The van der Waals surface area contributed by atoms with Crippen LogP contribution < -0.4 is 5.32 Å². The normalized spacial score (nSPS) is 25.5. The predicted molar refractivity (Wildman–Crippen MR) is 73.1 cm³/mol. The van der Waals surface area contributed by atoms with Gasteiger partial charge >= 0.3 is 0 Å². The van der Waals surface area contributed by atoms with Gasteiger partial charge in [-0.15, -0.1) is 0 Å². The number of hydrogen-bond donors (Lipinski definition) is 1. The van der Waals surface area contributed by atoms with Gasteiger partial charge in [0.1, 0.15) is 0 Å². The quantitative estimate of drug-likeness (QED) is 0.818. The molecule has 0 aromatic carbocycles. The lowest BCUT2D eigenvalue weighted by Gasteiger charge is -2.31. The average molecular weight is 240 g/mol. The zero-order chi connectivity index (χ0) is 11.4. The topological polar surface area (TPSA) is 24.4 Å². The third-order valence-corrected chi connectivity index (χ3v) is 5.34. The van der Waals surface area contributed by atoms with E-state index in [-0.39, 0.29) is 0 Å². The summed E-state index contributed by atoms with van der Waals surface area (Å²) in [6, 6.07) is 0. The Balaban J connectivity index is 1.79. The standard InChI is InChI=1S/C13H24N2S/c1-3-11(2)8-14-12-15-9-13(10-16-12)6-4-5-7-13/h11H,3-10H2,1-2H3,(H,14,15). The zero-order valence-corrected chi connectivity index (χ0v) is 11.4. The Labute approximate surface area is 104 Å².